The fourth-order valence-corrected chi connectivity index (χ4v) is 1.80. The highest BCUT2D eigenvalue weighted by atomic mass is 32.2. The molecule has 1 amide bonds. The molecule has 2 N–H and O–H groups in total. The first kappa shape index (κ1) is 16.2. The van der Waals surface area contributed by atoms with Gasteiger partial charge < -0.3 is 14.8 Å². The van der Waals surface area contributed by atoms with Crippen molar-refractivity contribution in [3.8, 4) is 0 Å². The molecule has 0 saturated carbocycles. The van der Waals surface area contributed by atoms with Gasteiger partial charge in [0, 0.05) is 6.26 Å². The lowest BCUT2D eigenvalue weighted by molar-refractivity contribution is -0.123. The van der Waals surface area contributed by atoms with Gasteiger partial charge in [-0.15, -0.1) is 0 Å². The summed E-state index contributed by atoms with van der Waals surface area (Å²) in [5.74, 6) is -1.33. The van der Waals surface area contributed by atoms with Crippen molar-refractivity contribution in [3.05, 3.63) is 23.2 Å². The highest BCUT2D eigenvalue weighted by Crippen LogP contribution is 2.17. The van der Waals surface area contributed by atoms with E-state index in [1.807, 2.05) is 0 Å². The normalized spacial score (nSPS) is 12.2. The zero-order chi connectivity index (χ0) is 15.7. The topological polar surface area (TPSA) is 114 Å². The fraction of sp³-hybridized carbons (Fsp3) is 0.500. The predicted molar refractivity (Wildman–Crippen MR) is 71.2 cm³/mol. The molecule has 0 radical (unpaired) electrons. The summed E-state index contributed by atoms with van der Waals surface area (Å²) in [7, 11) is -3.56. The van der Waals surface area contributed by atoms with E-state index in [2.05, 4.69) is 5.32 Å². The summed E-state index contributed by atoms with van der Waals surface area (Å²) in [5.41, 5.74) is 0.0108. The quantitative estimate of drug-likeness (QED) is 0.828. The van der Waals surface area contributed by atoms with Gasteiger partial charge in [0.25, 0.3) is 0 Å². The van der Waals surface area contributed by atoms with Gasteiger partial charge in [-0.2, -0.15) is 0 Å². The molecule has 0 fully saturated rings. The predicted octanol–water partition coefficient (Wildman–Crippen LogP) is 0.726. The van der Waals surface area contributed by atoms with Gasteiger partial charge in [-0.3, -0.25) is 4.79 Å². The Kier molecular flexibility index (Phi) is 4.28. The van der Waals surface area contributed by atoms with Crippen LogP contribution in [0.15, 0.2) is 10.5 Å². The average Bonchev–Trinajstić information content (AvgIpc) is 2.65. The van der Waals surface area contributed by atoms with Crippen LogP contribution in [0, 0.1) is 6.92 Å². The minimum atomic E-state index is -3.56. The number of hydrogen-bond donors (Lipinski definition) is 2. The van der Waals surface area contributed by atoms with Crippen LogP contribution in [-0.4, -0.2) is 36.4 Å². The molecule has 0 bridgehead atoms. The van der Waals surface area contributed by atoms with E-state index in [9.17, 15) is 18.0 Å². The number of sulfone groups is 1. The second-order valence-corrected chi connectivity index (χ2v) is 7.52. The molecule has 0 saturated heterocycles. The third-order valence-electron chi connectivity index (χ3n) is 3.10. The van der Waals surface area contributed by atoms with E-state index >= 15 is 0 Å². The number of carbonyl (C=O) groups excluding carboxylic acids is 1. The molecular formula is C12H17NO6S. The van der Waals surface area contributed by atoms with Crippen LogP contribution in [0.5, 0.6) is 0 Å². The zero-order valence-corrected chi connectivity index (χ0v) is 12.5. The Morgan fingerprint density at radius 1 is 1.40 bits per heavy atom. The van der Waals surface area contributed by atoms with Gasteiger partial charge in [-0.25, -0.2) is 13.2 Å². The van der Waals surface area contributed by atoms with Gasteiger partial charge in [0.1, 0.15) is 21.8 Å². The number of amides is 1. The molecule has 0 aliphatic rings. The summed E-state index contributed by atoms with van der Waals surface area (Å²) in [6.45, 7) is 4.02. The highest BCUT2D eigenvalue weighted by molar-refractivity contribution is 7.92. The summed E-state index contributed by atoms with van der Waals surface area (Å²) in [4.78, 5) is 22.7. The van der Waals surface area contributed by atoms with Crippen LogP contribution in [-0.2, 0) is 21.2 Å². The van der Waals surface area contributed by atoms with E-state index in [1.165, 1.54) is 26.8 Å². The summed E-state index contributed by atoms with van der Waals surface area (Å²) in [5, 5.41) is 11.3. The lowest BCUT2D eigenvalue weighted by Crippen LogP contribution is -2.47. The van der Waals surface area contributed by atoms with E-state index in [0.29, 0.717) is 0 Å². The maximum absolute atomic E-state index is 11.9. The Hall–Kier alpha value is -1.83. The van der Waals surface area contributed by atoms with Gasteiger partial charge >= 0.3 is 5.97 Å². The van der Waals surface area contributed by atoms with Crippen molar-refractivity contribution < 1.29 is 27.5 Å². The van der Waals surface area contributed by atoms with Gasteiger partial charge in [0.2, 0.25) is 5.91 Å². The lowest BCUT2D eigenvalue weighted by atomic mass is 10.2. The third-order valence-corrected chi connectivity index (χ3v) is 5.14. The summed E-state index contributed by atoms with van der Waals surface area (Å²) < 4.78 is 26.6. The van der Waals surface area contributed by atoms with E-state index in [-0.39, 0.29) is 23.6 Å². The van der Waals surface area contributed by atoms with Gasteiger partial charge in [-0.1, -0.05) is 0 Å². The number of nitrogens with one attached hydrogen (secondary N) is 1. The fourth-order valence-electron chi connectivity index (χ4n) is 1.39. The van der Waals surface area contributed by atoms with Crippen molar-refractivity contribution in [3.63, 3.8) is 0 Å². The van der Waals surface area contributed by atoms with Crippen LogP contribution in [0.25, 0.3) is 0 Å². The number of rotatable bonds is 5. The van der Waals surface area contributed by atoms with E-state index in [4.69, 9.17) is 9.52 Å². The summed E-state index contributed by atoms with van der Waals surface area (Å²) >= 11 is 0. The summed E-state index contributed by atoms with van der Waals surface area (Å²) in [6.07, 6.45) is 0.978. The molecule has 0 aliphatic heterocycles. The van der Waals surface area contributed by atoms with Crippen LogP contribution in [0.4, 0.5) is 0 Å². The standard InChI is InChI=1S/C12H17NO6S/c1-7-9(10(14)15)5-8(19-7)6-13-11(16)12(2,3)20(4,17)18/h5H,6H2,1-4H3,(H,13,16)(H,14,15). The van der Waals surface area contributed by atoms with Crippen LogP contribution in [0.1, 0.15) is 35.7 Å². The van der Waals surface area contributed by atoms with Crippen molar-refractivity contribution in [2.75, 3.05) is 6.26 Å². The molecule has 1 aromatic rings. The minimum absolute atomic E-state index is 0.0108. The van der Waals surface area contributed by atoms with Crippen molar-refractivity contribution in [2.24, 2.45) is 0 Å². The van der Waals surface area contributed by atoms with Crippen LogP contribution in [0.2, 0.25) is 0 Å². The molecule has 7 nitrogen and oxygen atoms in total. The third kappa shape index (κ3) is 3.19. The Balaban J connectivity index is 2.81. The number of carboxylic acids is 1. The first-order valence-electron chi connectivity index (χ1n) is 5.77. The maximum Gasteiger partial charge on any atom is 0.339 e. The molecule has 0 aromatic carbocycles. The lowest BCUT2D eigenvalue weighted by Gasteiger charge is -2.20. The highest BCUT2D eigenvalue weighted by Gasteiger charge is 2.38. The second-order valence-electron chi connectivity index (χ2n) is 4.95. The minimum Gasteiger partial charge on any atom is -0.478 e. The molecule has 0 atom stereocenters. The number of furan rings is 1. The first-order chi connectivity index (χ1) is 8.96. The van der Waals surface area contributed by atoms with Crippen molar-refractivity contribution >= 4 is 21.7 Å². The zero-order valence-electron chi connectivity index (χ0n) is 11.7. The van der Waals surface area contributed by atoms with Crippen molar-refractivity contribution in [1.82, 2.24) is 5.32 Å². The first-order valence-corrected chi connectivity index (χ1v) is 7.66. The molecular weight excluding hydrogens is 286 g/mol. The van der Waals surface area contributed by atoms with E-state index in [0.717, 1.165) is 6.26 Å². The largest absolute Gasteiger partial charge is 0.478 e. The smallest absolute Gasteiger partial charge is 0.339 e. The molecule has 1 aromatic heterocycles. The SMILES string of the molecule is Cc1oc(CNC(=O)C(C)(C)S(C)(=O)=O)cc1C(=O)O. The molecule has 0 unspecified atom stereocenters. The number of aromatic carboxylic acids is 1. The Morgan fingerprint density at radius 2 is 1.95 bits per heavy atom. The monoisotopic (exact) mass is 303 g/mol. The summed E-state index contributed by atoms with van der Waals surface area (Å²) in [6, 6.07) is 1.30. The van der Waals surface area contributed by atoms with Gasteiger partial charge in [0.05, 0.1) is 6.54 Å². The Morgan fingerprint density at radius 3 is 2.35 bits per heavy atom. The number of aryl methyl sites for hydroxylation is 1. The van der Waals surface area contributed by atoms with Crippen molar-refractivity contribution in [2.45, 2.75) is 32.1 Å². The van der Waals surface area contributed by atoms with E-state index < -0.39 is 26.5 Å². The molecule has 8 heteroatoms. The molecule has 0 spiro atoms. The number of carbonyl (C=O) groups is 2. The van der Waals surface area contributed by atoms with Crippen LogP contribution >= 0.6 is 0 Å². The molecule has 1 rings (SSSR count). The number of hydrogen-bond acceptors (Lipinski definition) is 5. The van der Waals surface area contributed by atoms with Crippen molar-refractivity contribution in [1.29, 1.82) is 0 Å². The number of carboxylic acid groups (broad SMARTS) is 1. The Bertz CT molecular complexity index is 641. The van der Waals surface area contributed by atoms with Crippen LogP contribution < -0.4 is 5.32 Å². The molecule has 20 heavy (non-hydrogen) atoms. The Labute approximate surface area is 116 Å². The van der Waals surface area contributed by atoms with Crippen LogP contribution in [0.3, 0.4) is 0 Å². The van der Waals surface area contributed by atoms with E-state index in [1.54, 1.807) is 0 Å². The molecule has 0 aliphatic carbocycles. The van der Waals surface area contributed by atoms with Gasteiger partial charge in [-0.05, 0) is 26.8 Å². The second kappa shape index (κ2) is 5.28. The van der Waals surface area contributed by atoms with Gasteiger partial charge in [0.15, 0.2) is 9.84 Å². The maximum atomic E-state index is 11.9. The molecule has 1 heterocycles. The molecule has 112 valence electrons. The average molecular weight is 303 g/mol.